The number of hydrogen-bond acceptors (Lipinski definition) is 4. The van der Waals surface area contributed by atoms with Gasteiger partial charge in [0, 0.05) is 18.2 Å². The molecule has 0 aromatic heterocycles. The molecule has 0 atom stereocenters. The van der Waals surface area contributed by atoms with Gasteiger partial charge in [0.25, 0.3) is 0 Å². The molecule has 0 aromatic rings. The highest BCUT2D eigenvalue weighted by Crippen LogP contribution is 2.18. The quantitative estimate of drug-likeness (QED) is 0.207. The van der Waals surface area contributed by atoms with Crippen molar-refractivity contribution in [3.05, 3.63) is 107 Å². The maximum absolute atomic E-state index is 12.1. The van der Waals surface area contributed by atoms with Gasteiger partial charge in [-0.25, -0.2) is 4.79 Å². The van der Waals surface area contributed by atoms with Crippen LogP contribution < -0.4 is 5.32 Å². The van der Waals surface area contributed by atoms with Gasteiger partial charge in [0.1, 0.15) is 0 Å². The lowest BCUT2D eigenvalue weighted by molar-refractivity contribution is -0.134. The highest BCUT2D eigenvalue weighted by atomic mass is 16.5. The molecular formula is C31H41NO4. The van der Waals surface area contributed by atoms with E-state index in [4.69, 9.17) is 0 Å². The summed E-state index contributed by atoms with van der Waals surface area (Å²) in [5.74, 6) is -0.458. The molecule has 0 saturated heterocycles. The van der Waals surface area contributed by atoms with Gasteiger partial charge < -0.3 is 15.2 Å². The average molecular weight is 492 g/mol. The molecule has 5 heteroatoms. The Kier molecular flexibility index (Phi) is 15.2. The lowest BCUT2D eigenvalue weighted by Gasteiger charge is -2.25. The van der Waals surface area contributed by atoms with Crippen LogP contribution >= 0.6 is 0 Å². The summed E-state index contributed by atoms with van der Waals surface area (Å²) in [6.07, 6.45) is 29.3. The Labute approximate surface area is 216 Å². The van der Waals surface area contributed by atoms with Crippen LogP contribution in [-0.4, -0.2) is 36.2 Å². The summed E-state index contributed by atoms with van der Waals surface area (Å²) >= 11 is 0. The smallest absolute Gasteiger partial charge is 0.330 e. The zero-order valence-corrected chi connectivity index (χ0v) is 22.2. The van der Waals surface area contributed by atoms with Crippen molar-refractivity contribution < 1.29 is 19.4 Å². The van der Waals surface area contributed by atoms with E-state index >= 15 is 0 Å². The lowest BCUT2D eigenvalue weighted by Crippen LogP contribution is -2.37. The SMILES string of the molecule is COC(=O)/C=C/C(C)=C\C=C\C(C)=C\C=C\C=C(C)\C=C\C=C(C)\C=C\C(=O)NC1CCC(O)CC1. The predicted octanol–water partition coefficient (Wildman–Crippen LogP) is 6.15. The van der Waals surface area contributed by atoms with E-state index in [2.05, 4.69) is 10.1 Å². The molecule has 1 fully saturated rings. The van der Waals surface area contributed by atoms with Gasteiger partial charge in [0.05, 0.1) is 13.2 Å². The second-order valence-corrected chi connectivity index (χ2v) is 8.95. The Hall–Kier alpha value is -3.44. The number of hydrogen-bond donors (Lipinski definition) is 2. The van der Waals surface area contributed by atoms with Crippen molar-refractivity contribution in [1.82, 2.24) is 5.32 Å². The van der Waals surface area contributed by atoms with Crippen LogP contribution in [0.3, 0.4) is 0 Å². The normalized spacial score (nSPS) is 20.9. The van der Waals surface area contributed by atoms with Gasteiger partial charge in [-0.1, -0.05) is 95.2 Å². The van der Waals surface area contributed by atoms with E-state index in [0.717, 1.165) is 48.0 Å². The minimum atomic E-state index is -0.369. The minimum absolute atomic E-state index is 0.0888. The topological polar surface area (TPSA) is 75.6 Å². The molecule has 0 spiro atoms. The van der Waals surface area contributed by atoms with Gasteiger partial charge in [0.2, 0.25) is 5.91 Å². The lowest BCUT2D eigenvalue weighted by atomic mass is 9.93. The Balaban J connectivity index is 2.47. The van der Waals surface area contributed by atoms with Crippen LogP contribution in [0, 0.1) is 0 Å². The molecule has 194 valence electrons. The number of carbonyl (C=O) groups is 2. The fourth-order valence-corrected chi connectivity index (χ4v) is 3.28. The molecular weight excluding hydrogens is 450 g/mol. The molecule has 5 nitrogen and oxygen atoms in total. The summed E-state index contributed by atoms with van der Waals surface area (Å²) in [5, 5.41) is 12.6. The van der Waals surface area contributed by atoms with Crippen LogP contribution in [0.2, 0.25) is 0 Å². The van der Waals surface area contributed by atoms with Crippen molar-refractivity contribution in [1.29, 1.82) is 0 Å². The van der Waals surface area contributed by atoms with Gasteiger partial charge in [-0.05, 0) is 53.4 Å². The van der Waals surface area contributed by atoms with E-state index in [1.165, 1.54) is 13.2 Å². The second kappa shape index (κ2) is 17.9. The largest absolute Gasteiger partial charge is 0.466 e. The minimum Gasteiger partial charge on any atom is -0.466 e. The van der Waals surface area contributed by atoms with E-state index in [9.17, 15) is 14.7 Å². The van der Waals surface area contributed by atoms with Crippen molar-refractivity contribution in [3.63, 3.8) is 0 Å². The number of allylic oxidation sites excluding steroid dienone is 16. The Morgan fingerprint density at radius 1 is 0.667 bits per heavy atom. The van der Waals surface area contributed by atoms with Crippen LogP contribution in [0.1, 0.15) is 53.4 Å². The maximum atomic E-state index is 12.1. The van der Waals surface area contributed by atoms with Crippen molar-refractivity contribution in [3.8, 4) is 0 Å². The summed E-state index contributed by atoms with van der Waals surface area (Å²) in [7, 11) is 1.35. The number of ether oxygens (including phenoxy) is 1. The summed E-state index contributed by atoms with van der Waals surface area (Å²) in [5.41, 5.74) is 4.15. The van der Waals surface area contributed by atoms with Gasteiger partial charge in [-0.3, -0.25) is 4.79 Å². The van der Waals surface area contributed by atoms with Crippen molar-refractivity contribution >= 4 is 11.9 Å². The Morgan fingerprint density at radius 2 is 1.11 bits per heavy atom. The van der Waals surface area contributed by atoms with E-state index in [0.29, 0.717) is 0 Å². The van der Waals surface area contributed by atoms with Gasteiger partial charge in [0.15, 0.2) is 0 Å². The van der Waals surface area contributed by atoms with Crippen LogP contribution in [0.25, 0.3) is 0 Å². The zero-order valence-electron chi connectivity index (χ0n) is 22.2. The van der Waals surface area contributed by atoms with E-state index in [1.54, 1.807) is 12.2 Å². The van der Waals surface area contributed by atoms with Crippen molar-refractivity contribution in [2.75, 3.05) is 7.11 Å². The molecule has 0 unspecified atom stereocenters. The molecule has 1 saturated carbocycles. The number of esters is 1. The Morgan fingerprint density at radius 3 is 1.61 bits per heavy atom. The summed E-state index contributed by atoms with van der Waals surface area (Å²) < 4.78 is 4.57. The molecule has 0 aromatic carbocycles. The fraction of sp³-hybridized carbons (Fsp3) is 0.355. The molecule has 1 aliphatic rings. The number of rotatable bonds is 11. The van der Waals surface area contributed by atoms with E-state index in [1.807, 2.05) is 94.5 Å². The third kappa shape index (κ3) is 15.5. The Bertz CT molecular complexity index is 992. The molecule has 0 heterocycles. The number of amides is 1. The standard InChI is InChI=1S/C31H41NO4/c1-24(10-6-7-11-25(2)13-9-15-27(4)17-23-31(35)36-5)12-8-14-26(3)16-22-30(34)32-28-18-20-29(33)21-19-28/h6-17,22-23,28-29,33H,18-21H2,1-5H3,(H,32,34)/b7-6+,12-8+,13-9+,22-16+,23-17+,24-10+,25-11+,26-14+,27-15-. The number of aliphatic hydroxyl groups excluding tert-OH is 1. The molecule has 1 amide bonds. The molecule has 0 bridgehead atoms. The highest BCUT2D eigenvalue weighted by Gasteiger charge is 2.19. The number of carbonyl (C=O) groups excluding carboxylic acids is 2. The summed E-state index contributed by atoms with van der Waals surface area (Å²) in [6.45, 7) is 7.92. The van der Waals surface area contributed by atoms with Crippen molar-refractivity contribution in [2.45, 2.75) is 65.5 Å². The highest BCUT2D eigenvalue weighted by molar-refractivity contribution is 5.88. The first-order chi connectivity index (χ1) is 17.2. The molecule has 1 rings (SSSR count). The summed E-state index contributed by atoms with van der Waals surface area (Å²) in [6, 6.07) is 0.160. The molecule has 0 radical (unpaired) electrons. The summed E-state index contributed by atoms with van der Waals surface area (Å²) in [4.78, 5) is 23.2. The monoisotopic (exact) mass is 491 g/mol. The van der Waals surface area contributed by atoms with Gasteiger partial charge in [-0.2, -0.15) is 0 Å². The molecule has 0 aliphatic heterocycles. The van der Waals surface area contributed by atoms with Crippen LogP contribution in [-0.2, 0) is 14.3 Å². The van der Waals surface area contributed by atoms with Crippen LogP contribution in [0.5, 0.6) is 0 Å². The third-order valence-corrected chi connectivity index (χ3v) is 5.49. The molecule has 36 heavy (non-hydrogen) atoms. The van der Waals surface area contributed by atoms with Gasteiger partial charge in [-0.15, -0.1) is 0 Å². The first kappa shape index (κ1) is 30.6. The number of nitrogens with one attached hydrogen (secondary N) is 1. The number of methoxy groups -OCH3 is 1. The van der Waals surface area contributed by atoms with Crippen LogP contribution in [0.15, 0.2) is 107 Å². The second-order valence-electron chi connectivity index (χ2n) is 8.95. The number of aliphatic hydroxyl groups is 1. The maximum Gasteiger partial charge on any atom is 0.330 e. The average Bonchev–Trinajstić information content (AvgIpc) is 2.85. The van der Waals surface area contributed by atoms with Gasteiger partial charge >= 0.3 is 5.97 Å². The van der Waals surface area contributed by atoms with Crippen LogP contribution in [0.4, 0.5) is 0 Å². The first-order valence-corrected chi connectivity index (χ1v) is 12.3. The van der Waals surface area contributed by atoms with E-state index < -0.39 is 0 Å². The third-order valence-electron chi connectivity index (χ3n) is 5.49. The van der Waals surface area contributed by atoms with E-state index in [-0.39, 0.29) is 24.0 Å². The fourth-order valence-electron chi connectivity index (χ4n) is 3.28. The first-order valence-electron chi connectivity index (χ1n) is 12.3. The zero-order chi connectivity index (χ0) is 26.8. The van der Waals surface area contributed by atoms with Crippen molar-refractivity contribution in [2.24, 2.45) is 0 Å². The molecule has 2 N–H and O–H groups in total. The predicted molar refractivity (Wildman–Crippen MR) is 149 cm³/mol. The molecule has 1 aliphatic carbocycles.